The molecule has 120 valence electrons. The number of primary amides is 1. The maximum Gasteiger partial charge on any atom is 0.338 e. The van der Waals surface area contributed by atoms with Crippen LogP contribution in [0.2, 0.25) is 0 Å². The molecule has 5 heteroatoms. The van der Waals surface area contributed by atoms with Gasteiger partial charge in [-0.25, -0.2) is 9.86 Å². The van der Waals surface area contributed by atoms with E-state index >= 15 is 0 Å². The lowest BCUT2D eigenvalue weighted by Gasteiger charge is -2.29. The zero-order chi connectivity index (χ0) is 16.4. The van der Waals surface area contributed by atoms with Crippen LogP contribution in [0.15, 0.2) is 54.6 Å². The highest BCUT2D eigenvalue weighted by Gasteiger charge is 2.51. The molecular formula is C18H20N2O3. The summed E-state index contributed by atoms with van der Waals surface area (Å²) in [5.74, 6) is 1.53. The number of hydroxylamine groups is 2. The van der Waals surface area contributed by atoms with Gasteiger partial charge in [0.2, 0.25) is 0 Å². The molecule has 1 saturated carbocycles. The van der Waals surface area contributed by atoms with Crippen LogP contribution in [0.1, 0.15) is 25.3 Å². The molecule has 1 atom stereocenters. The van der Waals surface area contributed by atoms with Crippen molar-refractivity contribution >= 4 is 6.03 Å². The predicted molar refractivity (Wildman–Crippen MR) is 86.5 cm³/mol. The molecule has 0 aliphatic heterocycles. The van der Waals surface area contributed by atoms with Crippen LogP contribution in [0.4, 0.5) is 4.79 Å². The van der Waals surface area contributed by atoms with Crippen molar-refractivity contribution in [2.75, 3.05) is 0 Å². The molecule has 2 aromatic rings. The van der Waals surface area contributed by atoms with Gasteiger partial charge < -0.3 is 10.5 Å². The van der Waals surface area contributed by atoms with E-state index < -0.39 is 6.03 Å². The molecule has 3 N–H and O–H groups in total. The third-order valence-corrected chi connectivity index (χ3v) is 4.59. The summed E-state index contributed by atoms with van der Waals surface area (Å²) in [6, 6.07) is 16.2. The number of nitrogens with two attached hydrogens (primary N) is 1. The number of amides is 2. The van der Waals surface area contributed by atoms with E-state index in [4.69, 9.17) is 10.5 Å². The second kappa shape index (κ2) is 5.93. The molecule has 23 heavy (non-hydrogen) atoms. The molecule has 5 nitrogen and oxygen atoms in total. The van der Waals surface area contributed by atoms with E-state index in [1.807, 2.05) is 61.5 Å². The highest BCUT2D eigenvalue weighted by molar-refractivity contribution is 5.71. The summed E-state index contributed by atoms with van der Waals surface area (Å²) in [4.78, 5) is 11.2. The Bertz CT molecular complexity index is 681. The molecule has 0 spiro atoms. The number of rotatable bonds is 5. The van der Waals surface area contributed by atoms with E-state index in [0.717, 1.165) is 29.9 Å². The number of carbonyl (C=O) groups is 1. The predicted octanol–water partition coefficient (Wildman–Crippen LogP) is 3.67. The van der Waals surface area contributed by atoms with Crippen molar-refractivity contribution in [2.45, 2.75) is 31.2 Å². The molecule has 0 bridgehead atoms. The number of nitrogens with zero attached hydrogens (tertiary/aromatic N) is 1. The normalized spacial score (nSPS) is 16.4. The lowest BCUT2D eigenvalue weighted by Crippen LogP contribution is -2.45. The SMILES string of the molecule is CC(N(O)C(N)=O)C1(c2ccc(Oc3ccccc3)cc2)CC1. The topological polar surface area (TPSA) is 75.8 Å². The molecule has 2 amide bonds. The van der Waals surface area contributed by atoms with E-state index in [9.17, 15) is 10.0 Å². The highest BCUT2D eigenvalue weighted by atomic mass is 16.5. The van der Waals surface area contributed by atoms with E-state index in [2.05, 4.69) is 0 Å². The molecule has 1 aliphatic rings. The van der Waals surface area contributed by atoms with Crippen molar-refractivity contribution in [3.8, 4) is 11.5 Å². The van der Waals surface area contributed by atoms with Crippen LogP contribution in [0.3, 0.4) is 0 Å². The molecule has 0 saturated heterocycles. The van der Waals surface area contributed by atoms with Gasteiger partial charge in [0.25, 0.3) is 0 Å². The zero-order valence-electron chi connectivity index (χ0n) is 13.0. The van der Waals surface area contributed by atoms with Crippen LogP contribution in [0.25, 0.3) is 0 Å². The van der Waals surface area contributed by atoms with Gasteiger partial charge in [-0.05, 0) is 49.6 Å². The average Bonchev–Trinajstić information content (AvgIpc) is 3.37. The third kappa shape index (κ3) is 3.00. The van der Waals surface area contributed by atoms with Crippen molar-refractivity contribution < 1.29 is 14.7 Å². The molecule has 3 rings (SSSR count). The van der Waals surface area contributed by atoms with Gasteiger partial charge in [-0.1, -0.05) is 30.3 Å². The largest absolute Gasteiger partial charge is 0.457 e. The van der Waals surface area contributed by atoms with Crippen LogP contribution in [-0.2, 0) is 5.41 Å². The Morgan fingerprint density at radius 1 is 1.13 bits per heavy atom. The first-order chi connectivity index (χ1) is 11.0. The molecule has 1 aliphatic carbocycles. The minimum absolute atomic E-state index is 0.227. The zero-order valence-corrected chi connectivity index (χ0v) is 13.0. The van der Waals surface area contributed by atoms with Crippen LogP contribution >= 0.6 is 0 Å². The molecule has 0 aromatic heterocycles. The lowest BCUT2D eigenvalue weighted by atomic mass is 9.89. The van der Waals surface area contributed by atoms with Gasteiger partial charge in [-0.2, -0.15) is 0 Å². The third-order valence-electron chi connectivity index (χ3n) is 4.59. The van der Waals surface area contributed by atoms with Gasteiger partial charge in [-0.3, -0.25) is 5.21 Å². The van der Waals surface area contributed by atoms with E-state index in [-0.39, 0.29) is 11.5 Å². The summed E-state index contributed by atoms with van der Waals surface area (Å²) in [5.41, 5.74) is 6.01. The number of carbonyl (C=O) groups excluding carboxylic acids is 1. The van der Waals surface area contributed by atoms with Crippen LogP contribution in [0, 0.1) is 0 Å². The fraction of sp³-hybridized carbons (Fsp3) is 0.278. The smallest absolute Gasteiger partial charge is 0.338 e. The Labute approximate surface area is 135 Å². The first-order valence-corrected chi connectivity index (χ1v) is 7.64. The molecule has 2 aromatic carbocycles. The fourth-order valence-corrected chi connectivity index (χ4v) is 2.99. The highest BCUT2D eigenvalue weighted by Crippen LogP contribution is 2.52. The van der Waals surface area contributed by atoms with Crippen molar-refractivity contribution in [3.05, 3.63) is 60.2 Å². The van der Waals surface area contributed by atoms with Crippen molar-refractivity contribution in [3.63, 3.8) is 0 Å². The standard InChI is InChI=1S/C18H20N2O3/c1-13(20(22)17(19)21)18(11-12-18)14-7-9-16(10-8-14)23-15-5-3-2-4-6-15/h2-10,13,22H,11-12H2,1H3,(H2,19,21). The molecule has 1 fully saturated rings. The minimum atomic E-state index is -0.826. The Hall–Kier alpha value is -2.53. The number of urea groups is 1. The quantitative estimate of drug-likeness (QED) is 0.653. The Balaban J connectivity index is 1.76. The van der Waals surface area contributed by atoms with Gasteiger partial charge in [0.1, 0.15) is 11.5 Å². The Kier molecular flexibility index (Phi) is 3.96. The summed E-state index contributed by atoms with van der Waals surface area (Å²) < 4.78 is 5.78. The van der Waals surface area contributed by atoms with Gasteiger partial charge in [0, 0.05) is 5.41 Å². The first-order valence-electron chi connectivity index (χ1n) is 7.64. The summed E-state index contributed by atoms with van der Waals surface area (Å²) >= 11 is 0. The summed E-state index contributed by atoms with van der Waals surface area (Å²) in [6.45, 7) is 1.81. The number of ether oxygens (including phenoxy) is 1. The molecule has 0 radical (unpaired) electrons. The van der Waals surface area contributed by atoms with Crippen LogP contribution in [-0.4, -0.2) is 22.3 Å². The second-order valence-corrected chi connectivity index (χ2v) is 5.95. The van der Waals surface area contributed by atoms with Crippen molar-refractivity contribution in [1.29, 1.82) is 0 Å². The minimum Gasteiger partial charge on any atom is -0.457 e. The molecule has 1 unspecified atom stereocenters. The number of para-hydroxylation sites is 1. The Morgan fingerprint density at radius 3 is 2.22 bits per heavy atom. The van der Waals surface area contributed by atoms with Crippen LogP contribution in [0.5, 0.6) is 11.5 Å². The lowest BCUT2D eigenvalue weighted by molar-refractivity contribution is -0.0802. The summed E-state index contributed by atoms with van der Waals surface area (Å²) in [7, 11) is 0. The van der Waals surface area contributed by atoms with Crippen LogP contribution < -0.4 is 10.5 Å². The van der Waals surface area contributed by atoms with Gasteiger partial charge in [0.15, 0.2) is 0 Å². The Morgan fingerprint density at radius 2 is 1.70 bits per heavy atom. The maximum atomic E-state index is 11.2. The molecular weight excluding hydrogens is 292 g/mol. The van der Waals surface area contributed by atoms with E-state index in [1.165, 1.54) is 0 Å². The van der Waals surface area contributed by atoms with Crippen molar-refractivity contribution in [1.82, 2.24) is 5.06 Å². The summed E-state index contributed by atoms with van der Waals surface area (Å²) in [6.07, 6.45) is 1.83. The van der Waals surface area contributed by atoms with E-state index in [0.29, 0.717) is 5.06 Å². The molecule has 0 heterocycles. The van der Waals surface area contributed by atoms with Gasteiger partial charge in [0.05, 0.1) is 6.04 Å². The second-order valence-electron chi connectivity index (χ2n) is 5.95. The number of benzene rings is 2. The summed E-state index contributed by atoms with van der Waals surface area (Å²) in [5, 5.41) is 10.4. The maximum absolute atomic E-state index is 11.2. The number of hydrogen-bond donors (Lipinski definition) is 2. The fourth-order valence-electron chi connectivity index (χ4n) is 2.99. The monoisotopic (exact) mass is 312 g/mol. The average molecular weight is 312 g/mol. The first kappa shape index (κ1) is 15.4. The van der Waals surface area contributed by atoms with Gasteiger partial charge in [-0.15, -0.1) is 0 Å². The van der Waals surface area contributed by atoms with Gasteiger partial charge >= 0.3 is 6.03 Å². The van der Waals surface area contributed by atoms with E-state index in [1.54, 1.807) is 0 Å². The van der Waals surface area contributed by atoms with Crippen molar-refractivity contribution in [2.24, 2.45) is 5.73 Å². The number of hydrogen-bond acceptors (Lipinski definition) is 3.